The molecular weight excluding hydrogens is 393 g/mol. The zero-order valence-electron chi connectivity index (χ0n) is 15.6. The first-order valence-electron chi connectivity index (χ1n) is 9.98. The van der Waals surface area contributed by atoms with Crippen molar-refractivity contribution in [2.45, 2.75) is 50.2 Å². The molecule has 1 saturated carbocycles. The van der Waals surface area contributed by atoms with Crippen LogP contribution in [-0.4, -0.2) is 26.5 Å². The summed E-state index contributed by atoms with van der Waals surface area (Å²) in [5.41, 5.74) is 2.21. The topological polar surface area (TPSA) is 55.1 Å². The minimum atomic E-state index is -0.126. The zero-order valence-corrected chi connectivity index (χ0v) is 17.1. The first kappa shape index (κ1) is 18.3. The highest BCUT2D eigenvalue weighted by molar-refractivity contribution is 6.30. The lowest BCUT2D eigenvalue weighted by Gasteiger charge is -2.34. The van der Waals surface area contributed by atoms with Gasteiger partial charge in [-0.3, -0.25) is 9.56 Å². The van der Waals surface area contributed by atoms with Crippen LogP contribution in [0.15, 0.2) is 35.3 Å². The number of aliphatic imine (C=N–C) groups is 1. The number of halogens is 2. The average Bonchev–Trinajstić information content (AvgIpc) is 3.04. The second-order valence-electron chi connectivity index (χ2n) is 7.93. The van der Waals surface area contributed by atoms with Crippen molar-refractivity contribution in [1.82, 2.24) is 20.1 Å². The van der Waals surface area contributed by atoms with E-state index in [0.717, 1.165) is 54.6 Å². The molecule has 146 valence electrons. The van der Waals surface area contributed by atoms with E-state index in [-0.39, 0.29) is 5.50 Å². The molecule has 5 rings (SSSR count). The Kier molecular flexibility index (Phi) is 4.99. The number of fused-ring (bicyclic) bond motifs is 3. The standard InChI is InChI=1S/C21H23Cl2N5/c22-16-7-8-18-15(10-16)11-24-12-19-26-27-21(28(18)19)14-5-3-13(4-6-14)17-2-1-9-25-20(17)23/h1-2,7-10,13-14,17,20,24H,3-6,11-12H2. The van der Waals surface area contributed by atoms with Crippen molar-refractivity contribution in [1.29, 1.82) is 0 Å². The lowest BCUT2D eigenvalue weighted by Crippen LogP contribution is -2.27. The monoisotopic (exact) mass is 415 g/mol. The molecule has 0 amide bonds. The van der Waals surface area contributed by atoms with Crippen LogP contribution in [0.3, 0.4) is 0 Å². The van der Waals surface area contributed by atoms with Crippen LogP contribution in [0, 0.1) is 11.8 Å². The van der Waals surface area contributed by atoms with Gasteiger partial charge in [0.15, 0.2) is 5.82 Å². The van der Waals surface area contributed by atoms with E-state index in [4.69, 9.17) is 23.2 Å². The number of aromatic nitrogens is 3. The molecule has 1 aromatic carbocycles. The highest BCUT2D eigenvalue weighted by atomic mass is 35.5. The van der Waals surface area contributed by atoms with Crippen LogP contribution in [0.5, 0.6) is 0 Å². The molecule has 2 aliphatic heterocycles. The molecule has 1 fully saturated rings. The number of alkyl halides is 1. The Morgan fingerprint density at radius 1 is 1.07 bits per heavy atom. The first-order chi connectivity index (χ1) is 13.7. The maximum Gasteiger partial charge on any atom is 0.151 e. The van der Waals surface area contributed by atoms with Gasteiger partial charge in [-0.15, -0.1) is 10.2 Å². The van der Waals surface area contributed by atoms with Crippen molar-refractivity contribution >= 4 is 29.4 Å². The molecule has 28 heavy (non-hydrogen) atoms. The molecule has 0 radical (unpaired) electrons. The molecule has 0 bridgehead atoms. The summed E-state index contributed by atoms with van der Waals surface area (Å²) >= 11 is 12.7. The van der Waals surface area contributed by atoms with Gasteiger partial charge < -0.3 is 5.32 Å². The summed E-state index contributed by atoms with van der Waals surface area (Å²) in [4.78, 5) is 4.37. The maximum atomic E-state index is 6.44. The molecule has 0 saturated heterocycles. The SMILES string of the molecule is Clc1ccc2c(c1)CNCc1nnc(C3CCC(C4C=CC=NC4Cl)CC3)n1-2. The summed E-state index contributed by atoms with van der Waals surface area (Å²) in [6.07, 6.45) is 10.6. The molecule has 7 heteroatoms. The molecule has 2 aromatic rings. The third-order valence-electron chi connectivity index (χ3n) is 6.28. The molecule has 2 atom stereocenters. The van der Waals surface area contributed by atoms with Gasteiger partial charge in [0.25, 0.3) is 0 Å². The summed E-state index contributed by atoms with van der Waals surface area (Å²) < 4.78 is 2.26. The van der Waals surface area contributed by atoms with Gasteiger partial charge in [0.1, 0.15) is 11.3 Å². The fourth-order valence-corrected chi connectivity index (χ4v) is 5.39. The van der Waals surface area contributed by atoms with Crippen LogP contribution < -0.4 is 5.32 Å². The molecule has 2 unspecified atom stereocenters. The Bertz CT molecular complexity index is 927. The minimum absolute atomic E-state index is 0.126. The minimum Gasteiger partial charge on any atom is -0.306 e. The Morgan fingerprint density at radius 3 is 2.75 bits per heavy atom. The summed E-state index contributed by atoms with van der Waals surface area (Å²) in [5.74, 6) is 3.41. The van der Waals surface area contributed by atoms with Crippen LogP contribution in [0.25, 0.3) is 5.69 Å². The third-order valence-corrected chi connectivity index (χ3v) is 6.92. The van der Waals surface area contributed by atoms with Crippen LogP contribution >= 0.6 is 23.2 Å². The predicted octanol–water partition coefficient (Wildman–Crippen LogP) is 4.62. The smallest absolute Gasteiger partial charge is 0.151 e. The van der Waals surface area contributed by atoms with E-state index >= 15 is 0 Å². The highest BCUT2D eigenvalue weighted by Crippen LogP contribution is 2.42. The molecule has 3 heterocycles. The summed E-state index contributed by atoms with van der Waals surface area (Å²) in [7, 11) is 0. The van der Waals surface area contributed by atoms with Crippen molar-refractivity contribution < 1.29 is 0 Å². The van der Waals surface area contributed by atoms with Gasteiger partial charge in [-0.2, -0.15) is 0 Å². The number of rotatable bonds is 2. The van der Waals surface area contributed by atoms with Gasteiger partial charge in [0.2, 0.25) is 0 Å². The Labute approximate surface area is 174 Å². The average molecular weight is 416 g/mol. The van der Waals surface area contributed by atoms with E-state index in [2.05, 4.69) is 37.2 Å². The van der Waals surface area contributed by atoms with Crippen molar-refractivity contribution in [2.75, 3.05) is 0 Å². The van der Waals surface area contributed by atoms with E-state index in [1.54, 1.807) is 0 Å². The second-order valence-corrected chi connectivity index (χ2v) is 8.81. The zero-order chi connectivity index (χ0) is 19.1. The lowest BCUT2D eigenvalue weighted by atomic mass is 9.75. The fraction of sp³-hybridized carbons (Fsp3) is 0.476. The van der Waals surface area contributed by atoms with Crippen molar-refractivity contribution in [3.63, 3.8) is 0 Å². The summed E-state index contributed by atoms with van der Waals surface area (Å²) in [5, 5.41) is 13.3. The number of dihydropyridines is 1. The van der Waals surface area contributed by atoms with Crippen molar-refractivity contribution in [2.24, 2.45) is 16.8 Å². The van der Waals surface area contributed by atoms with Gasteiger partial charge in [0, 0.05) is 29.6 Å². The van der Waals surface area contributed by atoms with E-state index in [1.165, 1.54) is 5.56 Å². The molecule has 3 aliphatic rings. The number of hydrogen-bond donors (Lipinski definition) is 1. The first-order valence-corrected chi connectivity index (χ1v) is 10.8. The Morgan fingerprint density at radius 2 is 1.93 bits per heavy atom. The largest absolute Gasteiger partial charge is 0.306 e. The van der Waals surface area contributed by atoms with Crippen LogP contribution in [-0.2, 0) is 13.1 Å². The van der Waals surface area contributed by atoms with E-state index in [9.17, 15) is 0 Å². The summed E-state index contributed by atoms with van der Waals surface area (Å²) in [6, 6.07) is 6.08. The fourth-order valence-electron chi connectivity index (χ4n) is 4.84. The van der Waals surface area contributed by atoms with Gasteiger partial charge in [-0.25, -0.2) is 0 Å². The molecule has 0 spiro atoms. The predicted molar refractivity (Wildman–Crippen MR) is 112 cm³/mol. The highest BCUT2D eigenvalue weighted by Gasteiger charge is 2.34. The van der Waals surface area contributed by atoms with Crippen molar-refractivity contribution in [3.05, 3.63) is 52.6 Å². The molecule has 1 aromatic heterocycles. The number of benzene rings is 1. The third kappa shape index (κ3) is 3.30. The Balaban J connectivity index is 1.40. The van der Waals surface area contributed by atoms with Crippen LogP contribution in [0.4, 0.5) is 0 Å². The molecular formula is C21H23Cl2N5. The van der Waals surface area contributed by atoms with E-state index in [0.29, 0.717) is 24.3 Å². The summed E-state index contributed by atoms with van der Waals surface area (Å²) in [6.45, 7) is 1.50. The number of allylic oxidation sites excluding steroid dienone is 1. The van der Waals surface area contributed by atoms with Gasteiger partial charge in [-0.1, -0.05) is 29.3 Å². The molecule has 1 N–H and O–H groups in total. The lowest BCUT2D eigenvalue weighted by molar-refractivity contribution is 0.255. The van der Waals surface area contributed by atoms with Gasteiger partial charge >= 0.3 is 0 Å². The second kappa shape index (κ2) is 7.62. The molecule has 1 aliphatic carbocycles. The van der Waals surface area contributed by atoms with Crippen molar-refractivity contribution in [3.8, 4) is 5.69 Å². The van der Waals surface area contributed by atoms with Gasteiger partial charge in [0.05, 0.1) is 12.2 Å². The number of nitrogens with zero attached hydrogens (tertiary/aromatic N) is 4. The normalized spacial score (nSPS) is 29.2. The quantitative estimate of drug-likeness (QED) is 0.574. The van der Waals surface area contributed by atoms with Crippen LogP contribution in [0.1, 0.15) is 48.8 Å². The number of hydrogen-bond acceptors (Lipinski definition) is 4. The van der Waals surface area contributed by atoms with E-state index < -0.39 is 0 Å². The Hall–Kier alpha value is -1.69. The maximum absolute atomic E-state index is 6.44. The van der Waals surface area contributed by atoms with Crippen LogP contribution in [0.2, 0.25) is 5.02 Å². The van der Waals surface area contributed by atoms with E-state index in [1.807, 2.05) is 24.4 Å². The molecule has 5 nitrogen and oxygen atoms in total. The number of nitrogens with one attached hydrogen (secondary N) is 1. The van der Waals surface area contributed by atoms with Gasteiger partial charge in [-0.05, 0) is 61.4 Å².